The summed E-state index contributed by atoms with van der Waals surface area (Å²) in [7, 11) is 0. The normalized spacial score (nSPS) is 18.2. The number of halogens is 4. The van der Waals surface area contributed by atoms with Gasteiger partial charge in [-0.3, -0.25) is 14.3 Å². The van der Waals surface area contributed by atoms with Gasteiger partial charge in [-0.05, 0) is 30.9 Å². The zero-order valence-corrected chi connectivity index (χ0v) is 19.9. The third-order valence-electron chi connectivity index (χ3n) is 6.61. The van der Waals surface area contributed by atoms with Crippen LogP contribution in [-0.2, 0) is 30.4 Å². The molecule has 1 fully saturated rings. The second kappa shape index (κ2) is 9.70. The molecule has 0 bridgehead atoms. The number of fused-ring (bicyclic) bond motifs is 1. The second-order valence-electron chi connectivity index (χ2n) is 8.83. The molecule has 0 N–H and O–H groups in total. The molecule has 0 saturated carbocycles. The Morgan fingerprint density at radius 3 is 2.75 bits per heavy atom. The summed E-state index contributed by atoms with van der Waals surface area (Å²) in [6.45, 7) is 1.07. The minimum atomic E-state index is -4.50. The number of aldehydes is 1. The van der Waals surface area contributed by atoms with Crippen molar-refractivity contribution in [2.45, 2.75) is 51.2 Å². The first-order chi connectivity index (χ1) is 17.3. The van der Waals surface area contributed by atoms with Gasteiger partial charge >= 0.3 is 6.18 Å². The molecule has 1 aromatic carbocycles. The van der Waals surface area contributed by atoms with Gasteiger partial charge in [0.05, 0.1) is 24.0 Å². The Morgan fingerprint density at radius 2 is 2.03 bits per heavy atom. The molecule has 0 radical (unpaired) electrons. The molecule has 1 saturated heterocycles. The number of hydrogen-bond donors (Lipinski definition) is 0. The summed E-state index contributed by atoms with van der Waals surface area (Å²) in [6, 6.07) is 5.32. The molecule has 0 amide bonds. The number of rotatable bonds is 5. The molecule has 4 heterocycles. The van der Waals surface area contributed by atoms with Crippen molar-refractivity contribution >= 4 is 23.6 Å². The monoisotopic (exact) mass is 521 g/mol. The van der Waals surface area contributed by atoms with Crippen LogP contribution in [0.1, 0.15) is 58.4 Å². The van der Waals surface area contributed by atoms with Gasteiger partial charge in [-0.15, -0.1) is 0 Å². The van der Waals surface area contributed by atoms with E-state index in [0.29, 0.717) is 49.2 Å². The van der Waals surface area contributed by atoms with Gasteiger partial charge < -0.3 is 9.64 Å². The number of carbonyl (C=O) groups excluding carboxylic acids is 1. The van der Waals surface area contributed by atoms with Crippen LogP contribution in [0, 0.1) is 0 Å². The van der Waals surface area contributed by atoms with E-state index in [-0.39, 0.29) is 29.4 Å². The third kappa shape index (κ3) is 4.53. The molecular weight excluding hydrogens is 499 g/mol. The van der Waals surface area contributed by atoms with Crippen LogP contribution in [0.5, 0.6) is 0 Å². The van der Waals surface area contributed by atoms with Crippen molar-refractivity contribution in [1.29, 1.82) is 0 Å². The van der Waals surface area contributed by atoms with Crippen LogP contribution in [0.25, 0.3) is 0 Å². The summed E-state index contributed by atoms with van der Waals surface area (Å²) in [6.07, 6.45) is 0.0841. The van der Waals surface area contributed by atoms with Crippen LogP contribution in [-0.4, -0.2) is 39.0 Å². The second-order valence-corrected chi connectivity index (χ2v) is 9.21. The maximum atomic E-state index is 13.5. The van der Waals surface area contributed by atoms with E-state index >= 15 is 0 Å². The number of benzene rings is 1. The van der Waals surface area contributed by atoms with Gasteiger partial charge in [0, 0.05) is 37.4 Å². The van der Waals surface area contributed by atoms with Crippen molar-refractivity contribution in [2.75, 3.05) is 18.1 Å². The highest BCUT2D eigenvalue weighted by atomic mass is 35.5. The Labute approximate surface area is 209 Å². The van der Waals surface area contributed by atoms with Gasteiger partial charge in [-0.2, -0.15) is 28.1 Å². The molecule has 1 unspecified atom stereocenters. The number of ether oxygens (including phenoxy) is 1. The van der Waals surface area contributed by atoms with Crippen molar-refractivity contribution < 1.29 is 22.7 Å². The van der Waals surface area contributed by atoms with Gasteiger partial charge in [0.1, 0.15) is 10.7 Å². The first kappa shape index (κ1) is 24.5. The Kier molecular flexibility index (Phi) is 6.60. The van der Waals surface area contributed by atoms with Crippen molar-refractivity contribution in [1.82, 2.24) is 19.6 Å². The maximum absolute atomic E-state index is 13.5. The number of hydrogen-bond acceptors (Lipinski definition) is 6. The van der Waals surface area contributed by atoms with Crippen molar-refractivity contribution in [2.24, 2.45) is 0 Å². The van der Waals surface area contributed by atoms with Gasteiger partial charge in [0.2, 0.25) is 0 Å². The summed E-state index contributed by atoms with van der Waals surface area (Å²) in [5.74, 6) is 0. The number of nitrogens with zero attached hydrogens (tertiary/aromatic N) is 5. The van der Waals surface area contributed by atoms with Gasteiger partial charge in [0.15, 0.2) is 12.5 Å². The fourth-order valence-corrected chi connectivity index (χ4v) is 5.08. The number of carbonyl (C=O) groups is 1. The van der Waals surface area contributed by atoms with Crippen molar-refractivity contribution in [3.63, 3.8) is 0 Å². The molecule has 8 nitrogen and oxygen atoms in total. The summed E-state index contributed by atoms with van der Waals surface area (Å²) in [4.78, 5) is 26.5. The smallest absolute Gasteiger partial charge is 0.364 e. The minimum absolute atomic E-state index is 0.00164. The van der Waals surface area contributed by atoms with E-state index in [4.69, 9.17) is 16.3 Å². The molecule has 12 heteroatoms. The fraction of sp³-hybridized carbons (Fsp3) is 0.417. The molecule has 2 aliphatic heterocycles. The zero-order chi connectivity index (χ0) is 25.4. The van der Waals surface area contributed by atoms with Gasteiger partial charge in [-0.25, -0.2) is 0 Å². The average Bonchev–Trinajstić information content (AvgIpc) is 3.22. The van der Waals surface area contributed by atoms with Gasteiger partial charge in [-0.1, -0.05) is 29.8 Å². The molecule has 2 aromatic heterocycles. The Bertz CT molecular complexity index is 1350. The maximum Gasteiger partial charge on any atom is 0.416 e. The lowest BCUT2D eigenvalue weighted by Crippen LogP contribution is -2.36. The van der Waals surface area contributed by atoms with Crippen LogP contribution in [0.4, 0.5) is 18.9 Å². The predicted molar refractivity (Wildman–Crippen MR) is 125 cm³/mol. The molecule has 1 atom stereocenters. The lowest BCUT2D eigenvalue weighted by atomic mass is 10.0. The highest BCUT2D eigenvalue weighted by Crippen LogP contribution is 2.34. The van der Waals surface area contributed by atoms with E-state index in [1.807, 2.05) is 4.90 Å². The van der Waals surface area contributed by atoms with Crippen LogP contribution in [0.3, 0.4) is 0 Å². The number of anilines is 1. The third-order valence-corrected chi connectivity index (χ3v) is 6.97. The minimum Gasteiger partial charge on any atom is -0.364 e. The zero-order valence-electron chi connectivity index (χ0n) is 19.2. The van der Waals surface area contributed by atoms with Crippen molar-refractivity contribution in [3.8, 4) is 0 Å². The van der Waals surface area contributed by atoms with E-state index < -0.39 is 23.5 Å². The summed E-state index contributed by atoms with van der Waals surface area (Å²) in [5.41, 5.74) is 0.714. The highest BCUT2D eigenvalue weighted by molar-refractivity contribution is 6.33. The van der Waals surface area contributed by atoms with Crippen LogP contribution in [0.2, 0.25) is 5.02 Å². The largest absolute Gasteiger partial charge is 0.416 e. The van der Waals surface area contributed by atoms with E-state index in [2.05, 4.69) is 10.2 Å². The number of aromatic nitrogens is 4. The molecule has 2 aliphatic rings. The standard InChI is InChI=1S/C24H23ClF3N5O3/c25-22-20(11-29-33(23(22)35)21-7-3-4-10-36-21)31-9-8-19-16(13-31)18(14-34)30-32(19)12-15-5-1-2-6-17(15)24(26,27)28/h1-2,5-6,11,14,21H,3-4,7-10,12-13H2. The quantitative estimate of drug-likeness (QED) is 0.467. The molecular formula is C24H23ClF3N5O3. The molecule has 3 aromatic rings. The Hall–Kier alpha value is -3.18. The lowest BCUT2D eigenvalue weighted by Gasteiger charge is -2.30. The van der Waals surface area contributed by atoms with Gasteiger partial charge in [0.25, 0.3) is 5.56 Å². The molecule has 190 valence electrons. The molecule has 0 spiro atoms. The first-order valence-corrected chi connectivity index (χ1v) is 12.0. The molecule has 5 rings (SSSR count). The van der Waals surface area contributed by atoms with E-state index in [9.17, 15) is 22.8 Å². The Morgan fingerprint density at radius 1 is 1.22 bits per heavy atom. The predicted octanol–water partition coefficient (Wildman–Crippen LogP) is 4.23. The van der Waals surface area contributed by atoms with E-state index in [1.54, 1.807) is 6.07 Å². The summed E-state index contributed by atoms with van der Waals surface area (Å²) in [5, 5.41) is 8.58. The van der Waals surface area contributed by atoms with Crippen LogP contribution >= 0.6 is 11.6 Å². The summed E-state index contributed by atoms with van der Waals surface area (Å²) < 4.78 is 48.8. The van der Waals surface area contributed by atoms with E-state index in [0.717, 1.165) is 18.9 Å². The van der Waals surface area contributed by atoms with Crippen LogP contribution < -0.4 is 10.5 Å². The summed E-state index contributed by atoms with van der Waals surface area (Å²) >= 11 is 6.46. The SMILES string of the molecule is O=Cc1nn(Cc2ccccc2C(F)(F)F)c2c1CN(c1cnn(C3CCCCO3)c(=O)c1Cl)CC2. The van der Waals surface area contributed by atoms with Crippen LogP contribution in [0.15, 0.2) is 35.3 Å². The topological polar surface area (TPSA) is 82.2 Å². The fourth-order valence-electron chi connectivity index (χ4n) is 4.82. The van der Waals surface area contributed by atoms with Crippen molar-refractivity contribution in [3.05, 3.63) is 73.9 Å². The molecule has 0 aliphatic carbocycles. The molecule has 36 heavy (non-hydrogen) atoms. The highest BCUT2D eigenvalue weighted by Gasteiger charge is 2.34. The lowest BCUT2D eigenvalue weighted by molar-refractivity contribution is -0.138. The Balaban J connectivity index is 1.43. The average molecular weight is 522 g/mol. The first-order valence-electron chi connectivity index (χ1n) is 11.6. The number of alkyl halides is 3. The van der Waals surface area contributed by atoms with E-state index in [1.165, 1.54) is 27.7 Å².